The van der Waals surface area contributed by atoms with E-state index in [1.807, 2.05) is 0 Å². The molecule has 0 bridgehead atoms. The number of nitrogens with zero attached hydrogens (tertiary/aromatic N) is 3. The van der Waals surface area contributed by atoms with Gasteiger partial charge in [-0.2, -0.15) is 5.10 Å². The summed E-state index contributed by atoms with van der Waals surface area (Å²) in [7, 11) is 0.754. The van der Waals surface area contributed by atoms with Crippen LogP contribution in [0.25, 0.3) is 0 Å². The van der Waals surface area contributed by atoms with Crippen molar-refractivity contribution < 1.29 is 29.4 Å². The molecule has 1 atom stereocenters. The van der Waals surface area contributed by atoms with E-state index >= 15 is 0 Å². The van der Waals surface area contributed by atoms with Crippen LogP contribution in [0, 0.1) is 0 Å². The van der Waals surface area contributed by atoms with Crippen LogP contribution in [0.5, 0.6) is 11.5 Å². The number of aliphatic hydroxyl groups is 2. The fourth-order valence-corrected chi connectivity index (χ4v) is 3.60. The summed E-state index contributed by atoms with van der Waals surface area (Å²) >= 11 is 0. The topological polar surface area (TPSA) is 143 Å². The molecule has 0 aliphatic carbocycles. The number of aryl methyl sites for hydroxylation is 2. The summed E-state index contributed by atoms with van der Waals surface area (Å²) in [5.74, 6) is 0.265. The smallest absolute Gasteiger partial charge is 0.522 e. The summed E-state index contributed by atoms with van der Waals surface area (Å²) in [5, 5.41) is 33.4. The Labute approximate surface area is 167 Å². The first kappa shape index (κ1) is 19.7. The van der Waals surface area contributed by atoms with Crippen LogP contribution in [0.2, 0.25) is 6.32 Å². The standard InChI is InChI=1S/C18H23BN4O6/c1-22-7-11(6-21-22)15(20)17(24)23-8-12(9-23)28-13-3-2-10-4-5-19(27)29-16(10)14(13)18(25)26/h2-3,6-7,12,15,18,25-27H,4-5,8-9,20H2,1H3. The molecule has 1 saturated heterocycles. The zero-order valence-corrected chi connectivity index (χ0v) is 15.9. The number of aromatic nitrogens is 2. The second-order valence-electron chi connectivity index (χ2n) is 7.36. The molecule has 3 heterocycles. The van der Waals surface area contributed by atoms with Crippen molar-refractivity contribution in [3.8, 4) is 11.5 Å². The van der Waals surface area contributed by atoms with Crippen molar-refractivity contribution in [3.63, 3.8) is 0 Å². The molecule has 2 aliphatic heterocycles. The van der Waals surface area contributed by atoms with Gasteiger partial charge in [0.2, 0.25) is 5.91 Å². The molecule has 0 radical (unpaired) electrons. The minimum Gasteiger partial charge on any atom is -0.535 e. The van der Waals surface area contributed by atoms with Gasteiger partial charge in [-0.3, -0.25) is 9.48 Å². The van der Waals surface area contributed by atoms with Crippen molar-refractivity contribution in [2.45, 2.75) is 31.2 Å². The van der Waals surface area contributed by atoms with Crippen LogP contribution in [-0.4, -0.2) is 62.1 Å². The molecule has 1 unspecified atom stereocenters. The Hall–Kier alpha value is -2.60. The van der Waals surface area contributed by atoms with Crippen molar-refractivity contribution in [1.29, 1.82) is 0 Å². The molecule has 0 spiro atoms. The number of benzene rings is 1. The first-order valence-corrected chi connectivity index (χ1v) is 9.39. The van der Waals surface area contributed by atoms with E-state index in [2.05, 4.69) is 5.10 Å². The van der Waals surface area contributed by atoms with Gasteiger partial charge in [-0.15, -0.1) is 0 Å². The monoisotopic (exact) mass is 402 g/mol. The molecule has 5 N–H and O–H groups in total. The maximum absolute atomic E-state index is 12.5. The van der Waals surface area contributed by atoms with Gasteiger partial charge in [-0.1, -0.05) is 6.07 Å². The molecule has 11 heteroatoms. The van der Waals surface area contributed by atoms with Crippen molar-refractivity contribution >= 4 is 13.0 Å². The Morgan fingerprint density at radius 1 is 1.41 bits per heavy atom. The van der Waals surface area contributed by atoms with Gasteiger partial charge in [0.25, 0.3) is 0 Å². The average Bonchev–Trinajstić information content (AvgIpc) is 3.08. The van der Waals surface area contributed by atoms with Crippen LogP contribution >= 0.6 is 0 Å². The molecule has 10 nitrogen and oxygen atoms in total. The first-order chi connectivity index (χ1) is 13.8. The average molecular weight is 402 g/mol. The zero-order chi connectivity index (χ0) is 20.7. The lowest BCUT2D eigenvalue weighted by Gasteiger charge is -2.40. The van der Waals surface area contributed by atoms with E-state index in [4.69, 9.17) is 15.1 Å². The van der Waals surface area contributed by atoms with Crippen molar-refractivity contribution in [3.05, 3.63) is 41.2 Å². The van der Waals surface area contributed by atoms with Crippen LogP contribution in [-0.2, 0) is 18.3 Å². The number of ether oxygens (including phenoxy) is 1. The number of amides is 1. The van der Waals surface area contributed by atoms with Crippen LogP contribution in [0.4, 0.5) is 0 Å². The van der Waals surface area contributed by atoms with E-state index in [9.17, 15) is 20.0 Å². The van der Waals surface area contributed by atoms with Gasteiger partial charge in [-0.05, 0) is 24.4 Å². The van der Waals surface area contributed by atoms with Gasteiger partial charge in [0.1, 0.15) is 23.6 Å². The lowest BCUT2D eigenvalue weighted by atomic mass is 9.78. The van der Waals surface area contributed by atoms with E-state index in [0.29, 0.717) is 31.4 Å². The Kier molecular flexibility index (Phi) is 5.22. The molecule has 2 aliphatic rings. The third-order valence-electron chi connectivity index (χ3n) is 5.21. The lowest BCUT2D eigenvalue weighted by Crippen LogP contribution is -2.58. The number of rotatable bonds is 5. The number of fused-ring (bicyclic) bond motifs is 1. The first-order valence-electron chi connectivity index (χ1n) is 9.39. The molecule has 29 heavy (non-hydrogen) atoms. The number of carbonyl (C=O) groups excluding carboxylic acids is 1. The number of hydrogen-bond donors (Lipinski definition) is 4. The summed E-state index contributed by atoms with van der Waals surface area (Å²) < 4.78 is 12.9. The Bertz CT molecular complexity index is 914. The highest BCUT2D eigenvalue weighted by atomic mass is 16.5. The predicted octanol–water partition coefficient (Wildman–Crippen LogP) is -0.892. The Balaban J connectivity index is 1.43. The largest absolute Gasteiger partial charge is 0.535 e. The van der Waals surface area contributed by atoms with Crippen molar-refractivity contribution in [1.82, 2.24) is 14.7 Å². The Morgan fingerprint density at radius 2 is 2.17 bits per heavy atom. The number of aliphatic hydroxyl groups excluding tert-OH is 1. The van der Waals surface area contributed by atoms with E-state index in [1.165, 1.54) is 0 Å². The molecular weight excluding hydrogens is 379 g/mol. The van der Waals surface area contributed by atoms with Crippen LogP contribution in [0.1, 0.15) is 29.0 Å². The second-order valence-corrected chi connectivity index (χ2v) is 7.36. The van der Waals surface area contributed by atoms with Gasteiger partial charge < -0.3 is 35.3 Å². The summed E-state index contributed by atoms with van der Waals surface area (Å²) in [4.78, 5) is 14.1. The third-order valence-corrected chi connectivity index (χ3v) is 5.21. The summed E-state index contributed by atoms with van der Waals surface area (Å²) in [6.45, 7) is 0.655. The number of likely N-dealkylation sites (tertiary alicyclic amines) is 1. The van der Waals surface area contributed by atoms with E-state index in [-0.39, 0.29) is 29.1 Å². The van der Waals surface area contributed by atoms with Gasteiger partial charge in [0, 0.05) is 18.8 Å². The lowest BCUT2D eigenvalue weighted by molar-refractivity contribution is -0.141. The van der Waals surface area contributed by atoms with Crippen molar-refractivity contribution in [2.75, 3.05) is 13.1 Å². The molecule has 4 rings (SSSR count). The second kappa shape index (κ2) is 7.67. The highest BCUT2D eigenvalue weighted by Crippen LogP contribution is 2.40. The fraction of sp³-hybridized carbons (Fsp3) is 0.444. The maximum atomic E-state index is 12.5. The van der Waals surface area contributed by atoms with Crippen molar-refractivity contribution in [2.24, 2.45) is 12.8 Å². The van der Waals surface area contributed by atoms with Gasteiger partial charge in [-0.25, -0.2) is 0 Å². The van der Waals surface area contributed by atoms with E-state index in [1.54, 1.807) is 41.2 Å². The van der Waals surface area contributed by atoms with Crippen LogP contribution in [0.3, 0.4) is 0 Å². The number of carbonyl (C=O) groups is 1. The summed E-state index contributed by atoms with van der Waals surface area (Å²) in [5.41, 5.74) is 7.52. The van der Waals surface area contributed by atoms with Gasteiger partial charge in [0.15, 0.2) is 6.29 Å². The Morgan fingerprint density at radius 3 is 2.83 bits per heavy atom. The minimum absolute atomic E-state index is 0.0816. The fourth-order valence-electron chi connectivity index (χ4n) is 3.60. The summed E-state index contributed by atoms with van der Waals surface area (Å²) in [6.07, 6.45) is 2.13. The molecule has 1 aromatic carbocycles. The normalized spacial score (nSPS) is 17.6. The van der Waals surface area contributed by atoms with Gasteiger partial charge >= 0.3 is 7.12 Å². The molecule has 0 saturated carbocycles. The van der Waals surface area contributed by atoms with Crippen LogP contribution in [0.15, 0.2) is 24.5 Å². The molecule has 1 fully saturated rings. The zero-order valence-electron chi connectivity index (χ0n) is 15.9. The number of nitrogens with two attached hydrogens (primary N) is 1. The molecule has 2 aromatic rings. The number of hydrogen-bond acceptors (Lipinski definition) is 8. The van der Waals surface area contributed by atoms with Crippen LogP contribution < -0.4 is 15.1 Å². The highest BCUT2D eigenvalue weighted by Gasteiger charge is 2.37. The van der Waals surface area contributed by atoms with E-state index < -0.39 is 19.5 Å². The molecule has 1 aromatic heterocycles. The molecular formula is C18H23BN4O6. The molecule has 154 valence electrons. The van der Waals surface area contributed by atoms with Gasteiger partial charge in [0.05, 0.1) is 24.8 Å². The minimum atomic E-state index is -1.82. The highest BCUT2D eigenvalue weighted by molar-refractivity contribution is 6.44. The summed E-state index contributed by atoms with van der Waals surface area (Å²) in [6, 6.07) is 2.64. The molecule has 1 amide bonds. The van der Waals surface area contributed by atoms with E-state index in [0.717, 1.165) is 5.56 Å². The third kappa shape index (κ3) is 3.81. The maximum Gasteiger partial charge on any atom is 0.522 e. The predicted molar refractivity (Wildman–Crippen MR) is 102 cm³/mol. The SMILES string of the molecule is Cn1cc(C(N)C(=O)N2CC(Oc3ccc4c(c3C(O)O)OB(O)CC4)C2)cn1. The quantitative estimate of drug-likeness (QED) is 0.373.